The monoisotopic (exact) mass is 252 g/mol. The lowest BCUT2D eigenvalue weighted by Gasteiger charge is -1.93. The highest BCUT2D eigenvalue weighted by atomic mass is 16.5. The van der Waals surface area contributed by atoms with Crippen LogP contribution in [0.4, 0.5) is 5.69 Å². The Balaban J connectivity index is 1.78. The first-order valence-corrected chi connectivity index (χ1v) is 5.82. The number of benzene rings is 1. The summed E-state index contributed by atoms with van der Waals surface area (Å²) in [4.78, 5) is 7.29. The maximum absolute atomic E-state index is 5.62. The number of rotatable bonds is 3. The molecular formula is C14H12N4O. The predicted molar refractivity (Wildman–Crippen MR) is 73.9 cm³/mol. The standard InChI is InChI=1S/C14H12N4O/c15-11-6-3-10(4-7-11)5-8-13-17-14(18-19-13)12-2-1-9-16-12/h1-9,16H,15H2/b8-5+. The fraction of sp³-hybridized carbons (Fsp3) is 0. The molecule has 0 saturated carbocycles. The van der Waals surface area contributed by atoms with Gasteiger partial charge in [-0.1, -0.05) is 17.3 Å². The Morgan fingerprint density at radius 3 is 2.68 bits per heavy atom. The maximum atomic E-state index is 5.62. The minimum Gasteiger partial charge on any atom is -0.399 e. The second-order valence-corrected chi connectivity index (χ2v) is 4.04. The number of H-pyrrole nitrogens is 1. The number of nitrogens with zero attached hydrogens (tertiary/aromatic N) is 2. The molecule has 0 bridgehead atoms. The Kier molecular flexibility index (Phi) is 2.86. The number of aromatic amines is 1. The summed E-state index contributed by atoms with van der Waals surface area (Å²) >= 11 is 0. The third kappa shape index (κ3) is 2.55. The third-order valence-corrected chi connectivity index (χ3v) is 2.64. The number of anilines is 1. The Labute approximate surface area is 109 Å². The molecule has 0 spiro atoms. The van der Waals surface area contributed by atoms with Gasteiger partial charge in [-0.3, -0.25) is 0 Å². The first kappa shape index (κ1) is 11.3. The normalized spacial score (nSPS) is 11.2. The molecule has 0 saturated heterocycles. The van der Waals surface area contributed by atoms with Gasteiger partial charge in [-0.15, -0.1) is 0 Å². The molecule has 19 heavy (non-hydrogen) atoms. The van der Waals surface area contributed by atoms with Crippen LogP contribution in [-0.4, -0.2) is 15.1 Å². The van der Waals surface area contributed by atoms with Crippen LogP contribution in [0.15, 0.2) is 47.1 Å². The molecule has 0 amide bonds. The molecule has 5 nitrogen and oxygen atoms in total. The SMILES string of the molecule is Nc1ccc(/C=C/c2nc(-c3ccc[nH]3)no2)cc1. The van der Waals surface area contributed by atoms with Gasteiger partial charge >= 0.3 is 0 Å². The Morgan fingerprint density at radius 2 is 1.95 bits per heavy atom. The van der Waals surface area contributed by atoms with Crippen LogP contribution in [0.1, 0.15) is 11.5 Å². The van der Waals surface area contributed by atoms with Gasteiger partial charge in [0.1, 0.15) is 0 Å². The number of nitrogen functional groups attached to an aromatic ring is 1. The molecule has 3 rings (SSSR count). The molecular weight excluding hydrogens is 240 g/mol. The molecule has 0 aliphatic carbocycles. The molecule has 0 unspecified atom stereocenters. The number of nitrogens with two attached hydrogens (primary N) is 1. The number of nitrogens with one attached hydrogen (secondary N) is 1. The lowest BCUT2D eigenvalue weighted by atomic mass is 10.2. The van der Waals surface area contributed by atoms with Crippen LogP contribution in [0.3, 0.4) is 0 Å². The van der Waals surface area contributed by atoms with Gasteiger partial charge in [0, 0.05) is 18.0 Å². The van der Waals surface area contributed by atoms with Crippen molar-refractivity contribution in [3.8, 4) is 11.5 Å². The van der Waals surface area contributed by atoms with Crippen LogP contribution in [0.2, 0.25) is 0 Å². The first-order chi connectivity index (χ1) is 9.31. The van der Waals surface area contributed by atoms with Crippen molar-refractivity contribution in [3.05, 3.63) is 54.0 Å². The van der Waals surface area contributed by atoms with Gasteiger partial charge in [0.25, 0.3) is 5.89 Å². The molecule has 0 fully saturated rings. The lowest BCUT2D eigenvalue weighted by molar-refractivity contribution is 0.411. The molecule has 0 radical (unpaired) electrons. The highest BCUT2D eigenvalue weighted by Crippen LogP contribution is 2.14. The van der Waals surface area contributed by atoms with Crippen LogP contribution >= 0.6 is 0 Å². The van der Waals surface area contributed by atoms with Gasteiger partial charge < -0.3 is 15.2 Å². The van der Waals surface area contributed by atoms with E-state index < -0.39 is 0 Å². The molecule has 2 aromatic heterocycles. The van der Waals surface area contributed by atoms with Crippen molar-refractivity contribution in [2.45, 2.75) is 0 Å². The molecule has 0 aliphatic heterocycles. The highest BCUT2D eigenvalue weighted by Gasteiger charge is 2.06. The van der Waals surface area contributed by atoms with E-state index in [0.29, 0.717) is 11.7 Å². The van der Waals surface area contributed by atoms with E-state index >= 15 is 0 Å². The first-order valence-electron chi connectivity index (χ1n) is 5.82. The van der Waals surface area contributed by atoms with E-state index in [0.717, 1.165) is 16.9 Å². The van der Waals surface area contributed by atoms with Crippen molar-refractivity contribution in [2.75, 3.05) is 5.73 Å². The van der Waals surface area contributed by atoms with E-state index in [1.165, 1.54) is 0 Å². The van der Waals surface area contributed by atoms with Crippen LogP contribution < -0.4 is 5.73 Å². The van der Waals surface area contributed by atoms with Gasteiger partial charge in [0.05, 0.1) is 5.69 Å². The summed E-state index contributed by atoms with van der Waals surface area (Å²) in [6, 6.07) is 11.3. The summed E-state index contributed by atoms with van der Waals surface area (Å²) in [5, 5.41) is 3.90. The third-order valence-electron chi connectivity index (χ3n) is 2.64. The number of hydrogen-bond acceptors (Lipinski definition) is 4. The summed E-state index contributed by atoms with van der Waals surface area (Å²) in [7, 11) is 0. The van der Waals surface area contributed by atoms with Crippen LogP contribution in [0.5, 0.6) is 0 Å². The van der Waals surface area contributed by atoms with Crippen molar-refractivity contribution in [1.82, 2.24) is 15.1 Å². The van der Waals surface area contributed by atoms with E-state index in [9.17, 15) is 0 Å². The molecule has 2 heterocycles. The summed E-state index contributed by atoms with van der Waals surface area (Å²) < 4.78 is 5.14. The van der Waals surface area contributed by atoms with Crippen LogP contribution in [-0.2, 0) is 0 Å². The van der Waals surface area contributed by atoms with Gasteiger partial charge in [-0.05, 0) is 35.9 Å². The average molecular weight is 252 g/mol. The van der Waals surface area contributed by atoms with E-state index in [1.54, 1.807) is 6.08 Å². The molecule has 94 valence electrons. The van der Waals surface area contributed by atoms with Crippen molar-refractivity contribution in [3.63, 3.8) is 0 Å². The summed E-state index contributed by atoms with van der Waals surface area (Å²) in [5.74, 6) is 1.00. The summed E-state index contributed by atoms with van der Waals surface area (Å²) in [5.41, 5.74) is 8.21. The Bertz CT molecular complexity index is 681. The van der Waals surface area contributed by atoms with E-state index in [-0.39, 0.29) is 0 Å². The van der Waals surface area contributed by atoms with Crippen molar-refractivity contribution < 1.29 is 4.52 Å². The maximum Gasteiger partial charge on any atom is 0.251 e. The van der Waals surface area contributed by atoms with E-state index in [2.05, 4.69) is 15.1 Å². The second kappa shape index (κ2) is 4.81. The van der Waals surface area contributed by atoms with Gasteiger partial charge in [0.15, 0.2) is 0 Å². The summed E-state index contributed by atoms with van der Waals surface area (Å²) in [6.07, 6.45) is 5.48. The Hall–Kier alpha value is -2.82. The van der Waals surface area contributed by atoms with Gasteiger partial charge in [-0.25, -0.2) is 0 Å². The van der Waals surface area contributed by atoms with Crippen LogP contribution in [0, 0.1) is 0 Å². The zero-order valence-electron chi connectivity index (χ0n) is 10.1. The minimum absolute atomic E-state index is 0.460. The topological polar surface area (TPSA) is 80.7 Å². The quantitative estimate of drug-likeness (QED) is 0.702. The van der Waals surface area contributed by atoms with E-state index in [4.69, 9.17) is 10.3 Å². The molecule has 0 atom stereocenters. The van der Waals surface area contributed by atoms with Crippen LogP contribution in [0.25, 0.3) is 23.7 Å². The predicted octanol–water partition coefficient (Wildman–Crippen LogP) is 2.82. The lowest BCUT2D eigenvalue weighted by Crippen LogP contribution is -1.82. The smallest absolute Gasteiger partial charge is 0.251 e. The average Bonchev–Trinajstić information content (AvgIpc) is 3.09. The minimum atomic E-state index is 0.460. The fourth-order valence-corrected chi connectivity index (χ4v) is 1.66. The molecule has 1 aromatic carbocycles. The Morgan fingerprint density at radius 1 is 1.11 bits per heavy atom. The van der Waals surface area contributed by atoms with Crippen molar-refractivity contribution >= 4 is 17.8 Å². The zero-order valence-corrected chi connectivity index (χ0v) is 10.1. The molecule has 5 heteroatoms. The fourth-order valence-electron chi connectivity index (χ4n) is 1.66. The molecule has 0 aliphatic rings. The molecule has 3 aromatic rings. The summed E-state index contributed by atoms with van der Waals surface area (Å²) in [6.45, 7) is 0. The van der Waals surface area contributed by atoms with Gasteiger partial charge in [0.2, 0.25) is 5.82 Å². The number of aromatic nitrogens is 3. The number of hydrogen-bond donors (Lipinski definition) is 2. The van der Waals surface area contributed by atoms with E-state index in [1.807, 2.05) is 48.7 Å². The highest BCUT2D eigenvalue weighted by molar-refractivity contribution is 5.67. The van der Waals surface area contributed by atoms with Crippen molar-refractivity contribution in [2.24, 2.45) is 0 Å². The second-order valence-electron chi connectivity index (χ2n) is 4.04. The van der Waals surface area contributed by atoms with Gasteiger partial charge in [-0.2, -0.15) is 4.98 Å². The van der Waals surface area contributed by atoms with Crippen molar-refractivity contribution in [1.29, 1.82) is 0 Å². The largest absolute Gasteiger partial charge is 0.399 e. The zero-order chi connectivity index (χ0) is 13.1. The molecule has 3 N–H and O–H groups in total.